The number of sulfonamides is 1. The summed E-state index contributed by atoms with van der Waals surface area (Å²) in [5, 5.41) is 3.16. The highest BCUT2D eigenvalue weighted by Crippen LogP contribution is 2.26. The fourth-order valence-electron chi connectivity index (χ4n) is 3.01. The molecule has 124 valence electrons. The second-order valence-electron chi connectivity index (χ2n) is 5.59. The van der Waals surface area contributed by atoms with Crippen LogP contribution in [0, 0.1) is 0 Å². The van der Waals surface area contributed by atoms with Gasteiger partial charge in [-0.1, -0.05) is 0 Å². The Morgan fingerprint density at radius 1 is 1.30 bits per heavy atom. The minimum Gasteiger partial charge on any atom is -0.318 e. The summed E-state index contributed by atoms with van der Waals surface area (Å²) in [6, 6.07) is 4.09. The maximum atomic E-state index is 12.9. The Kier molecular flexibility index (Phi) is 4.09. The van der Waals surface area contributed by atoms with Gasteiger partial charge in [0.25, 0.3) is 5.56 Å². The lowest BCUT2D eigenvalue weighted by Crippen LogP contribution is -2.40. The van der Waals surface area contributed by atoms with Crippen LogP contribution < -0.4 is 16.6 Å². The number of H-pyrrole nitrogens is 2. The number of fused-ring (bicyclic) bond motifs is 1. The summed E-state index contributed by atoms with van der Waals surface area (Å²) in [7, 11) is -1.89. The van der Waals surface area contributed by atoms with E-state index in [1.807, 2.05) is 0 Å². The maximum absolute atomic E-state index is 12.9. The monoisotopic (exact) mass is 338 g/mol. The van der Waals surface area contributed by atoms with Crippen molar-refractivity contribution in [3.63, 3.8) is 0 Å². The maximum Gasteiger partial charge on any atom is 0.326 e. The summed E-state index contributed by atoms with van der Waals surface area (Å²) < 4.78 is 27.2. The summed E-state index contributed by atoms with van der Waals surface area (Å²) in [6.45, 7) is 1.05. The Labute approximate surface area is 132 Å². The van der Waals surface area contributed by atoms with Crippen molar-refractivity contribution in [2.75, 3.05) is 20.1 Å². The summed E-state index contributed by atoms with van der Waals surface area (Å²) >= 11 is 0. The van der Waals surface area contributed by atoms with Crippen LogP contribution in [0.1, 0.15) is 12.8 Å². The molecule has 8 nitrogen and oxygen atoms in total. The van der Waals surface area contributed by atoms with E-state index >= 15 is 0 Å². The Hall–Kier alpha value is -1.97. The van der Waals surface area contributed by atoms with Gasteiger partial charge < -0.3 is 10.3 Å². The van der Waals surface area contributed by atoms with Crippen LogP contribution in [0.15, 0.2) is 32.7 Å². The van der Waals surface area contributed by atoms with Crippen LogP contribution >= 0.6 is 0 Å². The standard InChI is InChI=1S/C14H18N4O4S/c1-15-8-9-3-2-6-18(9)23(21,22)10-4-5-12-11(7-10)13(19)17-14(20)16-12/h4-5,7,9,15H,2-3,6,8H2,1H3,(H2,16,17,19,20). The van der Waals surface area contributed by atoms with Crippen molar-refractivity contribution in [3.05, 3.63) is 39.0 Å². The van der Waals surface area contributed by atoms with E-state index in [0.717, 1.165) is 12.8 Å². The van der Waals surface area contributed by atoms with Crippen LogP contribution in [0.3, 0.4) is 0 Å². The normalized spacial score (nSPS) is 19.4. The fraction of sp³-hybridized carbons (Fsp3) is 0.429. The van der Waals surface area contributed by atoms with E-state index in [2.05, 4.69) is 15.3 Å². The zero-order valence-corrected chi connectivity index (χ0v) is 13.4. The summed E-state index contributed by atoms with van der Waals surface area (Å²) in [4.78, 5) is 27.8. The number of nitrogens with one attached hydrogen (secondary N) is 3. The average Bonchev–Trinajstić information content (AvgIpc) is 2.96. The van der Waals surface area contributed by atoms with Crippen molar-refractivity contribution in [3.8, 4) is 0 Å². The molecule has 0 radical (unpaired) electrons. The molecule has 23 heavy (non-hydrogen) atoms. The number of likely N-dealkylation sites (N-methyl/N-ethyl adjacent to an activating group) is 1. The van der Waals surface area contributed by atoms with Crippen molar-refractivity contribution in [1.29, 1.82) is 0 Å². The Bertz CT molecular complexity index is 947. The molecule has 1 saturated heterocycles. The number of aromatic nitrogens is 2. The van der Waals surface area contributed by atoms with Gasteiger partial charge in [-0.15, -0.1) is 0 Å². The molecule has 1 aliphatic rings. The molecule has 3 N–H and O–H groups in total. The van der Waals surface area contributed by atoms with Crippen molar-refractivity contribution < 1.29 is 8.42 Å². The summed E-state index contributed by atoms with van der Waals surface area (Å²) in [5.74, 6) is 0. The van der Waals surface area contributed by atoms with E-state index in [4.69, 9.17) is 0 Å². The van der Waals surface area contributed by atoms with Gasteiger partial charge in [0.2, 0.25) is 10.0 Å². The van der Waals surface area contributed by atoms with E-state index in [0.29, 0.717) is 18.6 Å². The number of rotatable bonds is 4. The predicted molar refractivity (Wildman–Crippen MR) is 86.0 cm³/mol. The van der Waals surface area contributed by atoms with Crippen LogP contribution in [0.5, 0.6) is 0 Å². The van der Waals surface area contributed by atoms with E-state index in [9.17, 15) is 18.0 Å². The molecule has 0 bridgehead atoms. The minimum atomic E-state index is -3.68. The second kappa shape index (κ2) is 5.91. The molecule has 0 saturated carbocycles. The molecule has 0 aliphatic carbocycles. The van der Waals surface area contributed by atoms with E-state index < -0.39 is 21.3 Å². The first-order valence-electron chi connectivity index (χ1n) is 7.36. The first kappa shape index (κ1) is 15.9. The number of benzene rings is 1. The van der Waals surface area contributed by atoms with Crippen LogP contribution in [0.25, 0.3) is 10.9 Å². The van der Waals surface area contributed by atoms with Crippen LogP contribution in [-0.4, -0.2) is 48.9 Å². The van der Waals surface area contributed by atoms with Crippen LogP contribution in [-0.2, 0) is 10.0 Å². The molecule has 3 rings (SSSR count). The highest BCUT2D eigenvalue weighted by Gasteiger charge is 2.34. The lowest BCUT2D eigenvalue weighted by molar-refractivity contribution is 0.379. The van der Waals surface area contributed by atoms with E-state index in [1.165, 1.54) is 22.5 Å². The largest absolute Gasteiger partial charge is 0.326 e. The van der Waals surface area contributed by atoms with Gasteiger partial charge in [-0.2, -0.15) is 4.31 Å². The summed E-state index contributed by atoms with van der Waals surface area (Å²) in [6.07, 6.45) is 1.62. The second-order valence-corrected chi connectivity index (χ2v) is 7.48. The van der Waals surface area contributed by atoms with E-state index in [-0.39, 0.29) is 16.3 Å². The third kappa shape index (κ3) is 2.82. The molecule has 2 aromatic rings. The summed E-state index contributed by atoms with van der Waals surface area (Å²) in [5.41, 5.74) is -0.911. The van der Waals surface area contributed by atoms with Crippen molar-refractivity contribution in [1.82, 2.24) is 19.6 Å². The van der Waals surface area contributed by atoms with Crippen molar-refractivity contribution in [2.45, 2.75) is 23.8 Å². The van der Waals surface area contributed by atoms with Gasteiger partial charge in [-0.3, -0.25) is 9.78 Å². The smallest absolute Gasteiger partial charge is 0.318 e. The highest BCUT2D eigenvalue weighted by atomic mass is 32.2. The van der Waals surface area contributed by atoms with Crippen molar-refractivity contribution in [2.24, 2.45) is 0 Å². The van der Waals surface area contributed by atoms with E-state index in [1.54, 1.807) is 7.05 Å². The predicted octanol–water partition coefficient (Wildman–Crippen LogP) is -0.411. The molecule has 2 heterocycles. The molecule has 1 aromatic carbocycles. The Morgan fingerprint density at radius 3 is 2.83 bits per heavy atom. The Balaban J connectivity index is 2.08. The minimum absolute atomic E-state index is 0.0607. The molecule has 1 aromatic heterocycles. The number of nitrogens with zero attached hydrogens (tertiary/aromatic N) is 1. The third-order valence-electron chi connectivity index (χ3n) is 4.08. The van der Waals surface area contributed by atoms with Gasteiger partial charge in [0.1, 0.15) is 0 Å². The molecular weight excluding hydrogens is 320 g/mol. The fourth-order valence-corrected chi connectivity index (χ4v) is 4.72. The lowest BCUT2D eigenvalue weighted by Gasteiger charge is -2.24. The molecule has 1 unspecified atom stereocenters. The lowest BCUT2D eigenvalue weighted by atomic mass is 10.2. The first-order chi connectivity index (χ1) is 10.9. The molecule has 0 spiro atoms. The average molecular weight is 338 g/mol. The quantitative estimate of drug-likeness (QED) is 0.701. The Morgan fingerprint density at radius 2 is 2.09 bits per heavy atom. The molecule has 1 atom stereocenters. The van der Waals surface area contributed by atoms with Gasteiger partial charge >= 0.3 is 5.69 Å². The van der Waals surface area contributed by atoms with Crippen molar-refractivity contribution >= 4 is 20.9 Å². The molecule has 9 heteroatoms. The van der Waals surface area contributed by atoms with Gasteiger partial charge in [-0.25, -0.2) is 13.2 Å². The molecule has 1 aliphatic heterocycles. The van der Waals surface area contributed by atoms with Gasteiger partial charge in [-0.05, 0) is 38.1 Å². The zero-order chi connectivity index (χ0) is 16.6. The molecule has 1 fully saturated rings. The van der Waals surface area contributed by atoms with Crippen LogP contribution in [0.2, 0.25) is 0 Å². The van der Waals surface area contributed by atoms with Gasteiger partial charge in [0, 0.05) is 19.1 Å². The topological polar surface area (TPSA) is 115 Å². The number of hydrogen-bond acceptors (Lipinski definition) is 5. The molecule has 0 amide bonds. The number of aromatic amines is 2. The zero-order valence-electron chi connectivity index (χ0n) is 12.6. The third-order valence-corrected chi connectivity index (χ3v) is 6.03. The molecular formula is C14H18N4O4S. The van der Waals surface area contributed by atoms with Gasteiger partial charge in [0.05, 0.1) is 15.8 Å². The SMILES string of the molecule is CNCC1CCCN1S(=O)(=O)c1ccc2[nH]c(=O)[nH]c(=O)c2c1. The highest BCUT2D eigenvalue weighted by molar-refractivity contribution is 7.89. The number of hydrogen-bond donors (Lipinski definition) is 3. The van der Waals surface area contributed by atoms with Crippen LogP contribution in [0.4, 0.5) is 0 Å². The first-order valence-corrected chi connectivity index (χ1v) is 8.80. The van der Waals surface area contributed by atoms with Gasteiger partial charge in [0.15, 0.2) is 0 Å².